The number of aliphatic imine (C=N–C) groups is 1. The molecule has 102 valence electrons. The van der Waals surface area contributed by atoms with E-state index in [0.717, 1.165) is 17.4 Å². The fourth-order valence-corrected chi connectivity index (χ4v) is 3.86. The van der Waals surface area contributed by atoms with Gasteiger partial charge in [-0.1, -0.05) is 44.2 Å². The van der Waals surface area contributed by atoms with Gasteiger partial charge in [0.1, 0.15) is 5.75 Å². The Hall–Kier alpha value is -1.31. The summed E-state index contributed by atoms with van der Waals surface area (Å²) in [6, 6.07) is 7.94. The SMILES string of the molecule is Oc1ccccc1C=N[C@H]1CCC[C@H]1C1CCCC1. The van der Waals surface area contributed by atoms with Crippen molar-refractivity contribution < 1.29 is 5.11 Å². The standard InChI is InChI=1S/C17H23NO/c19-17-11-4-3-8-14(17)12-18-16-10-5-9-15(16)13-6-1-2-7-13/h3-4,8,11-13,15-16,19H,1-2,5-7,9-10H2/t15-,16-/m0/s1. The normalized spacial score (nSPS) is 28.4. The zero-order valence-corrected chi connectivity index (χ0v) is 11.5. The van der Waals surface area contributed by atoms with Crippen molar-refractivity contribution in [1.82, 2.24) is 0 Å². The molecule has 0 saturated heterocycles. The number of benzene rings is 1. The van der Waals surface area contributed by atoms with E-state index < -0.39 is 0 Å². The highest BCUT2D eigenvalue weighted by Crippen LogP contribution is 2.41. The zero-order valence-electron chi connectivity index (χ0n) is 11.5. The van der Waals surface area contributed by atoms with Gasteiger partial charge in [0, 0.05) is 11.8 Å². The molecule has 0 spiro atoms. The summed E-state index contributed by atoms with van der Waals surface area (Å²) in [6.07, 6.45) is 11.4. The highest BCUT2D eigenvalue weighted by atomic mass is 16.3. The first kappa shape index (κ1) is 12.7. The summed E-state index contributed by atoms with van der Waals surface area (Å²) in [5, 5.41) is 9.77. The van der Waals surface area contributed by atoms with Gasteiger partial charge in [-0.05, 0) is 36.8 Å². The predicted octanol–water partition coefficient (Wildman–Crippen LogP) is 4.17. The van der Waals surface area contributed by atoms with Crippen molar-refractivity contribution >= 4 is 6.21 Å². The van der Waals surface area contributed by atoms with E-state index in [1.807, 2.05) is 24.4 Å². The largest absolute Gasteiger partial charge is 0.507 e. The molecule has 3 rings (SSSR count). The van der Waals surface area contributed by atoms with Gasteiger partial charge in [0.2, 0.25) is 0 Å². The molecule has 2 aliphatic rings. The molecule has 0 amide bonds. The van der Waals surface area contributed by atoms with Gasteiger partial charge in [-0.25, -0.2) is 0 Å². The van der Waals surface area contributed by atoms with E-state index in [1.165, 1.54) is 44.9 Å². The van der Waals surface area contributed by atoms with Crippen LogP contribution in [0, 0.1) is 11.8 Å². The maximum Gasteiger partial charge on any atom is 0.124 e. The second-order valence-corrected chi connectivity index (χ2v) is 6.04. The Labute approximate surface area is 115 Å². The highest BCUT2D eigenvalue weighted by Gasteiger charge is 2.34. The summed E-state index contributed by atoms with van der Waals surface area (Å²) in [6.45, 7) is 0. The molecule has 0 radical (unpaired) electrons. The molecular formula is C17H23NO. The molecule has 19 heavy (non-hydrogen) atoms. The van der Waals surface area contributed by atoms with Crippen molar-refractivity contribution in [3.05, 3.63) is 29.8 Å². The minimum atomic E-state index is 0.335. The molecule has 1 aromatic rings. The molecule has 1 aromatic carbocycles. The van der Waals surface area contributed by atoms with Gasteiger partial charge in [-0.3, -0.25) is 4.99 Å². The van der Waals surface area contributed by atoms with Crippen LogP contribution >= 0.6 is 0 Å². The van der Waals surface area contributed by atoms with Crippen molar-refractivity contribution in [2.75, 3.05) is 0 Å². The zero-order chi connectivity index (χ0) is 13.1. The number of phenolic OH excluding ortho intramolecular Hbond substituents is 1. The number of phenols is 1. The molecule has 2 heteroatoms. The Bertz CT molecular complexity index is 448. The number of para-hydroxylation sites is 1. The molecule has 0 unspecified atom stereocenters. The van der Waals surface area contributed by atoms with Gasteiger partial charge in [0.05, 0.1) is 6.04 Å². The quantitative estimate of drug-likeness (QED) is 0.810. The predicted molar refractivity (Wildman–Crippen MR) is 78.8 cm³/mol. The molecule has 2 fully saturated rings. The first-order valence-electron chi connectivity index (χ1n) is 7.66. The lowest BCUT2D eigenvalue weighted by Gasteiger charge is -2.22. The molecule has 2 aliphatic carbocycles. The summed E-state index contributed by atoms with van der Waals surface area (Å²) in [5.74, 6) is 2.04. The summed E-state index contributed by atoms with van der Waals surface area (Å²) < 4.78 is 0. The molecular weight excluding hydrogens is 234 g/mol. The molecule has 2 atom stereocenters. The Balaban J connectivity index is 1.69. The summed E-state index contributed by atoms with van der Waals surface area (Å²) in [4.78, 5) is 4.80. The van der Waals surface area contributed by atoms with Crippen molar-refractivity contribution in [2.45, 2.75) is 51.0 Å². The Morgan fingerprint density at radius 2 is 1.79 bits per heavy atom. The van der Waals surface area contributed by atoms with Gasteiger partial charge >= 0.3 is 0 Å². The van der Waals surface area contributed by atoms with Gasteiger partial charge in [0.25, 0.3) is 0 Å². The smallest absolute Gasteiger partial charge is 0.124 e. The lowest BCUT2D eigenvalue weighted by Crippen LogP contribution is -2.19. The maximum atomic E-state index is 9.77. The molecule has 0 aromatic heterocycles. The molecule has 0 heterocycles. The molecule has 2 nitrogen and oxygen atoms in total. The van der Waals surface area contributed by atoms with Crippen molar-refractivity contribution in [3.8, 4) is 5.75 Å². The summed E-state index contributed by atoms with van der Waals surface area (Å²) >= 11 is 0. The van der Waals surface area contributed by atoms with Gasteiger partial charge in [0.15, 0.2) is 0 Å². The Morgan fingerprint density at radius 3 is 2.58 bits per heavy atom. The molecule has 2 saturated carbocycles. The van der Waals surface area contributed by atoms with Crippen LogP contribution in [-0.4, -0.2) is 17.4 Å². The number of nitrogens with zero attached hydrogens (tertiary/aromatic N) is 1. The summed E-state index contributed by atoms with van der Waals surface area (Å²) in [7, 11) is 0. The highest BCUT2D eigenvalue weighted by molar-refractivity contribution is 5.83. The minimum absolute atomic E-state index is 0.335. The second-order valence-electron chi connectivity index (χ2n) is 6.04. The lowest BCUT2D eigenvalue weighted by atomic mass is 9.87. The van der Waals surface area contributed by atoms with E-state index >= 15 is 0 Å². The monoisotopic (exact) mass is 257 g/mol. The van der Waals surface area contributed by atoms with Crippen LogP contribution in [0.5, 0.6) is 5.75 Å². The Kier molecular flexibility index (Phi) is 3.86. The van der Waals surface area contributed by atoms with Crippen molar-refractivity contribution in [3.63, 3.8) is 0 Å². The lowest BCUT2D eigenvalue weighted by molar-refractivity contribution is 0.318. The number of hydrogen-bond acceptors (Lipinski definition) is 2. The minimum Gasteiger partial charge on any atom is -0.507 e. The molecule has 0 bridgehead atoms. The van der Waals surface area contributed by atoms with Crippen LogP contribution < -0.4 is 0 Å². The van der Waals surface area contributed by atoms with E-state index in [4.69, 9.17) is 4.99 Å². The number of rotatable bonds is 3. The number of aromatic hydroxyl groups is 1. The third kappa shape index (κ3) is 2.83. The maximum absolute atomic E-state index is 9.77. The van der Waals surface area contributed by atoms with E-state index in [2.05, 4.69) is 0 Å². The van der Waals surface area contributed by atoms with Crippen molar-refractivity contribution in [2.24, 2.45) is 16.8 Å². The molecule has 0 aliphatic heterocycles. The average Bonchev–Trinajstić information content (AvgIpc) is 3.08. The van der Waals surface area contributed by atoms with E-state index in [9.17, 15) is 5.11 Å². The van der Waals surface area contributed by atoms with Crippen LogP contribution in [0.4, 0.5) is 0 Å². The third-order valence-electron chi connectivity index (χ3n) is 4.88. The van der Waals surface area contributed by atoms with Crippen molar-refractivity contribution in [1.29, 1.82) is 0 Å². The van der Waals surface area contributed by atoms with Crippen LogP contribution in [0.3, 0.4) is 0 Å². The van der Waals surface area contributed by atoms with E-state index in [0.29, 0.717) is 11.8 Å². The van der Waals surface area contributed by atoms with Gasteiger partial charge in [-0.2, -0.15) is 0 Å². The van der Waals surface area contributed by atoms with Crippen LogP contribution in [0.25, 0.3) is 0 Å². The average molecular weight is 257 g/mol. The fourth-order valence-electron chi connectivity index (χ4n) is 3.86. The summed E-state index contributed by atoms with van der Waals surface area (Å²) in [5.41, 5.74) is 0.847. The van der Waals surface area contributed by atoms with Crippen LogP contribution in [0.1, 0.15) is 50.5 Å². The van der Waals surface area contributed by atoms with Crippen LogP contribution in [0.15, 0.2) is 29.3 Å². The van der Waals surface area contributed by atoms with Crippen LogP contribution in [0.2, 0.25) is 0 Å². The van der Waals surface area contributed by atoms with Gasteiger partial charge in [-0.15, -0.1) is 0 Å². The number of hydrogen-bond donors (Lipinski definition) is 1. The Morgan fingerprint density at radius 1 is 1.00 bits per heavy atom. The first-order chi connectivity index (χ1) is 9.34. The first-order valence-corrected chi connectivity index (χ1v) is 7.66. The second kappa shape index (κ2) is 5.77. The molecule has 1 N–H and O–H groups in total. The van der Waals surface area contributed by atoms with Gasteiger partial charge < -0.3 is 5.11 Å². The topological polar surface area (TPSA) is 32.6 Å². The van der Waals surface area contributed by atoms with E-state index in [-0.39, 0.29) is 0 Å². The van der Waals surface area contributed by atoms with E-state index in [1.54, 1.807) is 6.07 Å². The third-order valence-corrected chi connectivity index (χ3v) is 4.88. The fraction of sp³-hybridized carbons (Fsp3) is 0.588. The van der Waals surface area contributed by atoms with Crippen LogP contribution in [-0.2, 0) is 0 Å².